The maximum absolute atomic E-state index is 11.3. The lowest BCUT2D eigenvalue weighted by molar-refractivity contribution is -0.104. The van der Waals surface area contributed by atoms with Gasteiger partial charge in [-0.3, -0.25) is 4.79 Å². The maximum atomic E-state index is 11.3. The summed E-state index contributed by atoms with van der Waals surface area (Å²) >= 11 is 6.01. The standard InChI is InChI=1S/C18H17ClO/c1-11-7-13(3)17-14(4)15(10-20)6-5-12(2)18(17)16(8-11)9-19/h5-10H,4H2,1-3H3/b16-9+. The molecule has 0 heterocycles. The topological polar surface area (TPSA) is 17.1 Å². The minimum atomic E-state index is 0.607. The Bertz CT molecular complexity index is 676. The molecule has 0 radical (unpaired) electrons. The van der Waals surface area contributed by atoms with Gasteiger partial charge in [0.15, 0.2) is 6.29 Å². The van der Waals surface area contributed by atoms with Crippen molar-refractivity contribution in [3.63, 3.8) is 0 Å². The lowest BCUT2D eigenvalue weighted by Crippen LogP contribution is -2.00. The smallest absolute Gasteiger partial charge is 0.150 e. The Morgan fingerprint density at radius 3 is 2.35 bits per heavy atom. The van der Waals surface area contributed by atoms with E-state index in [2.05, 4.69) is 18.7 Å². The van der Waals surface area contributed by atoms with Crippen LogP contribution in [-0.2, 0) is 4.79 Å². The molecular formula is C18H17ClO. The molecule has 0 spiro atoms. The van der Waals surface area contributed by atoms with E-state index < -0.39 is 0 Å². The van der Waals surface area contributed by atoms with Gasteiger partial charge in [-0.2, -0.15) is 0 Å². The normalized spacial score (nSPS) is 21.4. The highest BCUT2D eigenvalue weighted by molar-refractivity contribution is 6.26. The first kappa shape index (κ1) is 14.5. The summed E-state index contributed by atoms with van der Waals surface area (Å²) in [6.07, 6.45) is 8.75. The Morgan fingerprint density at radius 1 is 1.05 bits per heavy atom. The van der Waals surface area contributed by atoms with Gasteiger partial charge in [-0.15, -0.1) is 0 Å². The summed E-state index contributed by atoms with van der Waals surface area (Å²) in [6, 6.07) is 0. The predicted octanol–water partition coefficient (Wildman–Crippen LogP) is 4.95. The van der Waals surface area contributed by atoms with E-state index in [4.69, 9.17) is 11.6 Å². The summed E-state index contributed by atoms with van der Waals surface area (Å²) in [5.74, 6) is 0. The highest BCUT2D eigenvalue weighted by atomic mass is 35.5. The van der Waals surface area contributed by atoms with Gasteiger partial charge >= 0.3 is 0 Å². The molecule has 0 saturated heterocycles. The van der Waals surface area contributed by atoms with Gasteiger partial charge in [0.25, 0.3) is 0 Å². The molecule has 1 nitrogen and oxygen atoms in total. The van der Waals surface area contributed by atoms with Gasteiger partial charge < -0.3 is 0 Å². The van der Waals surface area contributed by atoms with Crippen molar-refractivity contribution in [2.75, 3.05) is 0 Å². The molecule has 0 bridgehead atoms. The quantitative estimate of drug-likeness (QED) is 0.623. The van der Waals surface area contributed by atoms with E-state index in [0.717, 1.165) is 45.3 Å². The van der Waals surface area contributed by atoms with Crippen LogP contribution in [0.15, 0.2) is 81.0 Å². The van der Waals surface area contributed by atoms with Crippen LogP contribution in [0.4, 0.5) is 0 Å². The van der Waals surface area contributed by atoms with Crippen LogP contribution in [0.3, 0.4) is 0 Å². The molecule has 0 aromatic carbocycles. The van der Waals surface area contributed by atoms with Crippen LogP contribution >= 0.6 is 11.6 Å². The third-order valence-corrected chi connectivity index (χ3v) is 3.80. The van der Waals surface area contributed by atoms with Crippen molar-refractivity contribution in [3.8, 4) is 0 Å². The fraction of sp³-hybridized carbons (Fsp3) is 0.167. The fourth-order valence-corrected chi connectivity index (χ4v) is 2.84. The van der Waals surface area contributed by atoms with E-state index in [9.17, 15) is 4.79 Å². The molecule has 2 rings (SSSR count). The predicted molar refractivity (Wildman–Crippen MR) is 85.5 cm³/mol. The van der Waals surface area contributed by atoms with Gasteiger partial charge in [-0.25, -0.2) is 0 Å². The second-order valence-electron chi connectivity index (χ2n) is 5.10. The lowest BCUT2D eigenvalue weighted by atomic mass is 9.87. The first-order chi connectivity index (χ1) is 9.49. The van der Waals surface area contributed by atoms with Crippen molar-refractivity contribution in [2.45, 2.75) is 20.8 Å². The summed E-state index contributed by atoms with van der Waals surface area (Å²) in [7, 11) is 0. The number of rotatable bonds is 1. The molecule has 0 saturated carbocycles. The van der Waals surface area contributed by atoms with Crippen LogP contribution in [0.5, 0.6) is 0 Å². The average molecular weight is 285 g/mol. The van der Waals surface area contributed by atoms with Crippen molar-refractivity contribution in [2.24, 2.45) is 0 Å². The van der Waals surface area contributed by atoms with E-state index in [1.807, 2.05) is 32.9 Å². The van der Waals surface area contributed by atoms with Crippen LogP contribution in [-0.4, -0.2) is 6.29 Å². The first-order valence-corrected chi connectivity index (χ1v) is 6.89. The van der Waals surface area contributed by atoms with Gasteiger partial charge in [0, 0.05) is 11.1 Å². The summed E-state index contributed by atoms with van der Waals surface area (Å²) in [4.78, 5) is 11.3. The van der Waals surface area contributed by atoms with Gasteiger partial charge in [0.2, 0.25) is 0 Å². The van der Waals surface area contributed by atoms with Crippen molar-refractivity contribution in [1.29, 1.82) is 0 Å². The van der Waals surface area contributed by atoms with E-state index in [0.29, 0.717) is 5.57 Å². The van der Waals surface area contributed by atoms with Crippen LogP contribution in [0, 0.1) is 0 Å². The highest BCUT2D eigenvalue weighted by Crippen LogP contribution is 2.39. The summed E-state index contributed by atoms with van der Waals surface area (Å²) in [5, 5.41) is 0. The molecule has 0 aromatic rings. The minimum absolute atomic E-state index is 0.607. The third kappa shape index (κ3) is 2.41. The Kier molecular flexibility index (Phi) is 4.10. The molecule has 0 aliphatic heterocycles. The Balaban J connectivity index is 2.82. The monoisotopic (exact) mass is 284 g/mol. The number of aldehydes is 1. The molecule has 0 atom stereocenters. The van der Waals surface area contributed by atoms with Crippen molar-refractivity contribution in [1.82, 2.24) is 0 Å². The highest BCUT2D eigenvalue weighted by Gasteiger charge is 2.22. The first-order valence-electron chi connectivity index (χ1n) is 6.45. The van der Waals surface area contributed by atoms with E-state index >= 15 is 0 Å². The van der Waals surface area contributed by atoms with E-state index in [1.165, 1.54) is 0 Å². The van der Waals surface area contributed by atoms with Gasteiger partial charge in [0.05, 0.1) is 0 Å². The molecule has 102 valence electrons. The second kappa shape index (κ2) is 5.64. The lowest BCUT2D eigenvalue weighted by Gasteiger charge is -2.16. The van der Waals surface area contributed by atoms with Crippen LogP contribution in [0.2, 0.25) is 0 Å². The molecule has 2 aliphatic rings. The van der Waals surface area contributed by atoms with Crippen molar-refractivity contribution < 1.29 is 4.79 Å². The molecule has 0 fully saturated rings. The van der Waals surface area contributed by atoms with Crippen molar-refractivity contribution in [3.05, 3.63) is 81.0 Å². The fourth-order valence-electron chi connectivity index (χ4n) is 2.67. The Morgan fingerprint density at radius 2 is 1.75 bits per heavy atom. The minimum Gasteiger partial charge on any atom is -0.298 e. The molecular weight excluding hydrogens is 268 g/mol. The van der Waals surface area contributed by atoms with Crippen LogP contribution in [0.25, 0.3) is 0 Å². The Labute approximate surface area is 125 Å². The van der Waals surface area contributed by atoms with E-state index in [1.54, 1.807) is 5.54 Å². The molecule has 0 amide bonds. The van der Waals surface area contributed by atoms with Gasteiger partial charge in [-0.1, -0.05) is 48.1 Å². The molecule has 0 unspecified atom stereocenters. The van der Waals surface area contributed by atoms with Gasteiger partial charge in [0.1, 0.15) is 0 Å². The zero-order valence-corrected chi connectivity index (χ0v) is 12.7. The number of halogens is 1. The SMILES string of the molecule is C=C1C(C=O)=CC=C(C)C2=C1C(C)=CC(C)=C/C2=C\Cl. The van der Waals surface area contributed by atoms with Crippen molar-refractivity contribution >= 4 is 17.9 Å². The number of hydrogen-bond donors (Lipinski definition) is 0. The number of allylic oxidation sites excluding steroid dienone is 12. The number of carbonyl (C=O) groups is 1. The summed E-state index contributed by atoms with van der Waals surface area (Å²) in [6.45, 7) is 10.2. The van der Waals surface area contributed by atoms with Crippen LogP contribution in [0.1, 0.15) is 20.8 Å². The number of carbonyl (C=O) groups excluding carboxylic acids is 1. The largest absolute Gasteiger partial charge is 0.298 e. The van der Waals surface area contributed by atoms with Gasteiger partial charge in [-0.05, 0) is 54.2 Å². The maximum Gasteiger partial charge on any atom is 0.150 e. The summed E-state index contributed by atoms with van der Waals surface area (Å²) < 4.78 is 0. The molecule has 0 N–H and O–H groups in total. The van der Waals surface area contributed by atoms with E-state index in [-0.39, 0.29) is 0 Å². The molecule has 20 heavy (non-hydrogen) atoms. The average Bonchev–Trinajstić information content (AvgIpc) is 2.61. The zero-order valence-electron chi connectivity index (χ0n) is 12.0. The number of hydrogen-bond acceptors (Lipinski definition) is 1. The summed E-state index contributed by atoms with van der Waals surface area (Å²) in [5.41, 5.74) is 9.22. The third-order valence-electron chi connectivity index (χ3n) is 3.56. The van der Waals surface area contributed by atoms with Crippen LogP contribution < -0.4 is 0 Å². The second-order valence-corrected chi connectivity index (χ2v) is 5.32. The molecule has 2 heteroatoms. The Hall–Kier alpha value is -1.86. The molecule has 2 aliphatic carbocycles. The zero-order chi connectivity index (χ0) is 14.9. The molecule has 0 aromatic heterocycles.